The summed E-state index contributed by atoms with van der Waals surface area (Å²) in [6.07, 6.45) is 6.56. The van der Waals surface area contributed by atoms with Crippen LogP contribution in [0.15, 0.2) is 30.3 Å². The molecule has 0 amide bonds. The molecule has 0 bridgehead atoms. The molecule has 2 aromatic rings. The van der Waals surface area contributed by atoms with Gasteiger partial charge in [0.1, 0.15) is 11.9 Å². The molecule has 3 heterocycles. The molecular weight excluding hydrogens is 490 g/mol. The first-order valence-electron chi connectivity index (χ1n) is 14.4. The number of hydrogen-bond acceptors (Lipinski definition) is 8. The summed E-state index contributed by atoms with van der Waals surface area (Å²) in [5, 5.41) is 12.2. The van der Waals surface area contributed by atoms with Crippen molar-refractivity contribution in [3.8, 4) is 0 Å². The van der Waals surface area contributed by atoms with Crippen LogP contribution in [0.2, 0.25) is 0 Å². The maximum Gasteiger partial charge on any atom is 0.328 e. The first-order chi connectivity index (χ1) is 18.7. The van der Waals surface area contributed by atoms with Gasteiger partial charge in [0.15, 0.2) is 0 Å². The third kappa shape index (κ3) is 7.17. The number of benzene rings is 1. The number of unbranched alkanes of at least 4 members (excludes halogenated alkanes) is 2. The molecule has 8 nitrogen and oxygen atoms in total. The SMILES string of the molecule is CCOC(=O)C(c1cccc(N)c1C(=N)C(C)(C)C)N1CC(OCCCCCc2ccc3c(n2)NCCC3)C1. The zero-order chi connectivity index (χ0) is 28.0. The maximum absolute atomic E-state index is 13.1. The van der Waals surface area contributed by atoms with Crippen molar-refractivity contribution >= 4 is 23.2 Å². The van der Waals surface area contributed by atoms with Gasteiger partial charge in [0, 0.05) is 54.3 Å². The van der Waals surface area contributed by atoms with Crippen molar-refractivity contribution in [1.29, 1.82) is 5.41 Å². The first-order valence-corrected chi connectivity index (χ1v) is 14.4. The van der Waals surface area contributed by atoms with E-state index in [2.05, 4.69) is 22.3 Å². The van der Waals surface area contributed by atoms with Crippen molar-refractivity contribution in [1.82, 2.24) is 9.88 Å². The summed E-state index contributed by atoms with van der Waals surface area (Å²) in [6, 6.07) is 9.32. The van der Waals surface area contributed by atoms with Gasteiger partial charge in [-0.15, -0.1) is 0 Å². The van der Waals surface area contributed by atoms with Crippen LogP contribution in [0.3, 0.4) is 0 Å². The number of carbonyl (C=O) groups excluding carboxylic acids is 1. The smallest absolute Gasteiger partial charge is 0.328 e. The van der Waals surface area contributed by atoms with Gasteiger partial charge in [-0.05, 0) is 62.3 Å². The molecule has 1 atom stereocenters. The van der Waals surface area contributed by atoms with E-state index in [0.717, 1.165) is 55.7 Å². The molecular formula is C31H45N5O3. The van der Waals surface area contributed by atoms with Crippen LogP contribution in [-0.2, 0) is 27.1 Å². The molecule has 1 aromatic heterocycles. The lowest BCUT2D eigenvalue weighted by molar-refractivity contribution is -0.157. The fraction of sp³-hybridized carbons (Fsp3) is 0.581. The van der Waals surface area contributed by atoms with Gasteiger partial charge >= 0.3 is 5.97 Å². The topological polar surface area (TPSA) is 114 Å². The first kappa shape index (κ1) is 29.0. The Hall–Kier alpha value is -2.97. The normalized spacial score (nSPS) is 16.6. The fourth-order valence-electron chi connectivity index (χ4n) is 5.30. The summed E-state index contributed by atoms with van der Waals surface area (Å²) < 4.78 is 11.6. The summed E-state index contributed by atoms with van der Waals surface area (Å²) in [5.74, 6) is 0.758. The predicted octanol–water partition coefficient (Wildman–Crippen LogP) is 5.15. The van der Waals surface area contributed by atoms with Crippen molar-refractivity contribution < 1.29 is 14.3 Å². The minimum Gasteiger partial charge on any atom is -0.465 e. The van der Waals surface area contributed by atoms with Gasteiger partial charge in [-0.2, -0.15) is 0 Å². The Kier molecular flexibility index (Phi) is 9.62. The minimum atomic E-state index is -0.607. The molecule has 212 valence electrons. The Morgan fingerprint density at radius 1 is 1.21 bits per heavy atom. The van der Waals surface area contributed by atoms with Gasteiger partial charge in [-0.25, -0.2) is 9.78 Å². The number of nitrogens with two attached hydrogens (primary N) is 1. The molecule has 0 saturated carbocycles. The number of rotatable bonds is 12. The number of aromatic nitrogens is 1. The molecule has 0 radical (unpaired) electrons. The van der Waals surface area contributed by atoms with Crippen molar-refractivity contribution in [2.45, 2.75) is 78.4 Å². The van der Waals surface area contributed by atoms with Crippen LogP contribution in [0.1, 0.15) is 81.8 Å². The number of nitrogen functional groups attached to an aromatic ring is 1. The minimum absolute atomic E-state index is 0.0851. The van der Waals surface area contributed by atoms with Crippen molar-refractivity contribution in [2.75, 3.05) is 43.9 Å². The number of carbonyl (C=O) groups is 1. The van der Waals surface area contributed by atoms with Crippen molar-refractivity contribution in [2.24, 2.45) is 5.41 Å². The fourth-order valence-corrected chi connectivity index (χ4v) is 5.30. The molecule has 4 rings (SSSR count). The summed E-state index contributed by atoms with van der Waals surface area (Å²) in [7, 11) is 0. The number of pyridine rings is 1. The van der Waals surface area contributed by atoms with E-state index in [1.54, 1.807) is 6.07 Å². The molecule has 0 spiro atoms. The van der Waals surface area contributed by atoms with Crippen LogP contribution < -0.4 is 11.1 Å². The van der Waals surface area contributed by atoms with E-state index < -0.39 is 11.5 Å². The van der Waals surface area contributed by atoms with Gasteiger partial charge in [0.2, 0.25) is 0 Å². The van der Waals surface area contributed by atoms with Crippen LogP contribution >= 0.6 is 0 Å². The number of anilines is 2. The Morgan fingerprint density at radius 3 is 2.74 bits per heavy atom. The van der Waals surface area contributed by atoms with Crippen LogP contribution in [0, 0.1) is 10.8 Å². The van der Waals surface area contributed by atoms with Gasteiger partial charge in [-0.3, -0.25) is 4.90 Å². The molecule has 4 N–H and O–H groups in total. The Balaban J connectivity index is 1.27. The third-order valence-corrected chi connectivity index (χ3v) is 7.56. The van der Waals surface area contributed by atoms with Crippen LogP contribution in [0.4, 0.5) is 11.5 Å². The Labute approximate surface area is 233 Å². The number of esters is 1. The number of fused-ring (bicyclic) bond motifs is 1. The summed E-state index contributed by atoms with van der Waals surface area (Å²) >= 11 is 0. The molecule has 39 heavy (non-hydrogen) atoms. The average Bonchev–Trinajstić information content (AvgIpc) is 2.88. The molecule has 1 unspecified atom stereocenters. The van der Waals surface area contributed by atoms with E-state index in [1.807, 2.05) is 39.8 Å². The van der Waals surface area contributed by atoms with E-state index in [-0.39, 0.29) is 12.1 Å². The molecule has 1 fully saturated rings. The van der Waals surface area contributed by atoms with Crippen LogP contribution in [0.5, 0.6) is 0 Å². The van der Waals surface area contributed by atoms with Gasteiger partial charge < -0.3 is 25.9 Å². The second kappa shape index (κ2) is 12.9. The number of hydrogen-bond donors (Lipinski definition) is 3. The lowest BCUT2D eigenvalue weighted by atomic mass is 9.81. The predicted molar refractivity (Wildman–Crippen MR) is 156 cm³/mol. The van der Waals surface area contributed by atoms with Crippen LogP contribution in [-0.4, -0.2) is 60.5 Å². The lowest BCUT2D eigenvalue weighted by Gasteiger charge is -2.43. The van der Waals surface area contributed by atoms with Crippen molar-refractivity contribution in [3.63, 3.8) is 0 Å². The summed E-state index contributed by atoms with van der Waals surface area (Å²) in [4.78, 5) is 20.0. The number of aryl methyl sites for hydroxylation is 2. The van der Waals surface area contributed by atoms with E-state index in [1.165, 1.54) is 12.0 Å². The Bertz CT molecular complexity index is 1150. The standard InChI is InChI=1S/C31H45N5O3/c1-5-38-30(37)27(24-13-9-14-25(32)26(24)28(33)31(2,3)4)36-19-23(20-36)39-18-8-6-7-12-22-16-15-21-11-10-17-34-29(21)35-22/h9,13-16,23,27,33H,5-8,10-12,17-20,32H2,1-4H3,(H,34,35). The van der Waals surface area contributed by atoms with Gasteiger partial charge in [0.25, 0.3) is 0 Å². The average molecular weight is 536 g/mol. The second-order valence-corrected chi connectivity index (χ2v) is 11.7. The number of ether oxygens (including phenoxy) is 2. The zero-order valence-corrected chi connectivity index (χ0v) is 24.0. The van der Waals surface area contributed by atoms with E-state index >= 15 is 0 Å². The van der Waals surface area contributed by atoms with Crippen molar-refractivity contribution in [3.05, 3.63) is 52.7 Å². The highest BCUT2D eigenvalue weighted by Gasteiger charge is 2.40. The highest BCUT2D eigenvalue weighted by Crippen LogP contribution is 2.36. The van der Waals surface area contributed by atoms with Gasteiger partial charge in [0.05, 0.1) is 12.7 Å². The lowest BCUT2D eigenvalue weighted by Crippen LogP contribution is -2.55. The highest BCUT2D eigenvalue weighted by molar-refractivity contribution is 6.08. The quantitative estimate of drug-likeness (QED) is 0.149. The molecule has 2 aliphatic rings. The summed E-state index contributed by atoms with van der Waals surface area (Å²) in [6.45, 7) is 11.1. The summed E-state index contributed by atoms with van der Waals surface area (Å²) in [5.41, 5.74) is 10.7. The number of likely N-dealkylation sites (tertiary alicyclic amines) is 1. The van der Waals surface area contributed by atoms with Gasteiger partial charge in [-0.1, -0.05) is 45.4 Å². The second-order valence-electron chi connectivity index (χ2n) is 11.7. The van der Waals surface area contributed by atoms with E-state index in [9.17, 15) is 4.79 Å². The van der Waals surface area contributed by atoms with E-state index in [0.29, 0.717) is 43.3 Å². The third-order valence-electron chi connectivity index (χ3n) is 7.56. The molecule has 1 saturated heterocycles. The molecule has 1 aromatic carbocycles. The molecule has 2 aliphatic heterocycles. The zero-order valence-electron chi connectivity index (χ0n) is 24.0. The highest BCUT2D eigenvalue weighted by atomic mass is 16.5. The monoisotopic (exact) mass is 535 g/mol. The number of nitrogens with one attached hydrogen (secondary N) is 2. The largest absolute Gasteiger partial charge is 0.465 e. The van der Waals surface area contributed by atoms with E-state index in [4.69, 9.17) is 25.6 Å². The molecule has 0 aliphatic carbocycles. The Morgan fingerprint density at radius 2 is 2.00 bits per heavy atom. The van der Waals surface area contributed by atoms with Crippen LogP contribution in [0.25, 0.3) is 0 Å². The molecule has 8 heteroatoms. The number of nitrogens with zero attached hydrogens (tertiary/aromatic N) is 2. The maximum atomic E-state index is 13.1.